The summed E-state index contributed by atoms with van der Waals surface area (Å²) in [6.07, 6.45) is 0.749. The van der Waals surface area contributed by atoms with Gasteiger partial charge in [0.1, 0.15) is 0 Å². The fourth-order valence-electron chi connectivity index (χ4n) is 3.79. The van der Waals surface area contributed by atoms with E-state index in [1.807, 2.05) is 37.3 Å². The number of amides is 1. The summed E-state index contributed by atoms with van der Waals surface area (Å²) in [5, 5.41) is 9.46. The molecule has 6 nitrogen and oxygen atoms in total. The average Bonchev–Trinajstić information content (AvgIpc) is 2.68. The number of methoxy groups -OCH3 is 2. The lowest BCUT2D eigenvalue weighted by Crippen LogP contribution is -2.41. The van der Waals surface area contributed by atoms with Crippen LogP contribution in [0, 0.1) is 6.92 Å². The highest BCUT2D eigenvalue weighted by Crippen LogP contribution is 2.39. The normalized spacial score (nSPS) is 15.7. The lowest BCUT2D eigenvalue weighted by atomic mass is 9.89. The number of carbonyl (C=O) groups excluding carboxylic acids is 1. The number of hydrogen-bond donors (Lipinski definition) is 1. The van der Waals surface area contributed by atoms with Crippen LogP contribution in [0.3, 0.4) is 0 Å². The van der Waals surface area contributed by atoms with Crippen molar-refractivity contribution in [2.24, 2.45) is 0 Å². The lowest BCUT2D eigenvalue weighted by Gasteiger charge is -2.37. The molecular formula is C22H25NO5. The topological polar surface area (TPSA) is 76.1 Å². The quantitative estimate of drug-likeness (QED) is 0.829. The van der Waals surface area contributed by atoms with Gasteiger partial charge in [-0.3, -0.25) is 9.59 Å². The fraction of sp³-hybridized carbons (Fsp3) is 0.364. The van der Waals surface area contributed by atoms with E-state index >= 15 is 0 Å². The molecule has 0 saturated carbocycles. The van der Waals surface area contributed by atoms with E-state index in [0.717, 1.165) is 22.3 Å². The second-order valence-electron chi connectivity index (χ2n) is 6.96. The molecule has 0 aliphatic carbocycles. The van der Waals surface area contributed by atoms with Gasteiger partial charge < -0.3 is 19.5 Å². The molecule has 1 N–H and O–H groups in total. The van der Waals surface area contributed by atoms with Crippen molar-refractivity contribution in [1.29, 1.82) is 0 Å². The van der Waals surface area contributed by atoms with Gasteiger partial charge in [0.15, 0.2) is 11.5 Å². The van der Waals surface area contributed by atoms with E-state index in [1.165, 1.54) is 0 Å². The van der Waals surface area contributed by atoms with Crippen LogP contribution in [0.5, 0.6) is 11.5 Å². The first-order chi connectivity index (χ1) is 13.4. The fourth-order valence-corrected chi connectivity index (χ4v) is 3.79. The molecule has 1 atom stereocenters. The van der Waals surface area contributed by atoms with Gasteiger partial charge in [-0.2, -0.15) is 0 Å². The first-order valence-corrected chi connectivity index (χ1v) is 9.25. The van der Waals surface area contributed by atoms with Crippen molar-refractivity contribution in [2.45, 2.75) is 32.2 Å². The van der Waals surface area contributed by atoms with Gasteiger partial charge in [-0.15, -0.1) is 0 Å². The molecule has 1 amide bonds. The smallest absolute Gasteiger partial charge is 0.305 e. The first kappa shape index (κ1) is 19.7. The summed E-state index contributed by atoms with van der Waals surface area (Å²) in [6.45, 7) is 2.45. The highest BCUT2D eigenvalue weighted by Gasteiger charge is 2.33. The Kier molecular flexibility index (Phi) is 5.87. The number of nitrogens with zero attached hydrogens (tertiary/aromatic N) is 1. The van der Waals surface area contributed by atoms with Crippen LogP contribution in [0.15, 0.2) is 36.4 Å². The van der Waals surface area contributed by atoms with Crippen molar-refractivity contribution in [1.82, 2.24) is 4.90 Å². The number of ether oxygens (including phenoxy) is 2. The summed E-state index contributed by atoms with van der Waals surface area (Å²) in [5.74, 6) is 0.127. The number of carboxylic acids is 1. The number of rotatable bonds is 6. The standard InChI is InChI=1S/C22H25NO5/c1-14-6-4-5-7-15(14)11-21(24)23-9-8-16-10-19(27-2)20(28-3)12-17(16)18(23)13-22(25)26/h4-7,10,12,18H,8-9,11,13H2,1-3H3,(H,25,26). The van der Waals surface area contributed by atoms with Gasteiger partial charge >= 0.3 is 5.97 Å². The molecule has 148 valence electrons. The monoisotopic (exact) mass is 383 g/mol. The molecule has 1 aliphatic rings. The summed E-state index contributed by atoms with van der Waals surface area (Å²) in [6, 6.07) is 10.9. The zero-order valence-electron chi connectivity index (χ0n) is 16.4. The molecule has 0 spiro atoms. The Morgan fingerprint density at radius 3 is 2.46 bits per heavy atom. The lowest BCUT2D eigenvalue weighted by molar-refractivity contribution is -0.141. The predicted octanol–water partition coefficient (Wildman–Crippen LogP) is 3.16. The van der Waals surface area contributed by atoms with E-state index in [4.69, 9.17) is 9.47 Å². The number of fused-ring (bicyclic) bond motifs is 1. The summed E-state index contributed by atoms with van der Waals surface area (Å²) < 4.78 is 10.8. The van der Waals surface area contributed by atoms with Crippen LogP contribution in [0.1, 0.15) is 34.7 Å². The molecule has 0 saturated heterocycles. The van der Waals surface area contributed by atoms with Crippen molar-refractivity contribution in [3.05, 3.63) is 58.7 Å². The molecule has 1 unspecified atom stereocenters. The van der Waals surface area contributed by atoms with Crippen molar-refractivity contribution < 1.29 is 24.2 Å². The molecule has 6 heteroatoms. The molecule has 28 heavy (non-hydrogen) atoms. The van der Waals surface area contributed by atoms with Crippen LogP contribution in [-0.2, 0) is 22.4 Å². The van der Waals surface area contributed by atoms with Crippen molar-refractivity contribution in [3.8, 4) is 11.5 Å². The molecule has 0 bridgehead atoms. The third kappa shape index (κ3) is 3.96. The van der Waals surface area contributed by atoms with Crippen LogP contribution < -0.4 is 9.47 Å². The molecule has 2 aromatic carbocycles. The minimum Gasteiger partial charge on any atom is -0.493 e. The maximum atomic E-state index is 13.1. The number of hydrogen-bond acceptors (Lipinski definition) is 4. The minimum absolute atomic E-state index is 0.0685. The Balaban J connectivity index is 1.95. The van der Waals surface area contributed by atoms with Crippen molar-refractivity contribution >= 4 is 11.9 Å². The van der Waals surface area contributed by atoms with E-state index in [1.54, 1.807) is 25.2 Å². The maximum absolute atomic E-state index is 13.1. The summed E-state index contributed by atoms with van der Waals surface area (Å²) in [5.41, 5.74) is 3.81. The zero-order chi connectivity index (χ0) is 20.3. The van der Waals surface area contributed by atoms with E-state index < -0.39 is 12.0 Å². The van der Waals surface area contributed by atoms with Gasteiger partial charge in [0.05, 0.1) is 33.1 Å². The Bertz CT molecular complexity index is 892. The van der Waals surface area contributed by atoms with E-state index in [2.05, 4.69) is 0 Å². The van der Waals surface area contributed by atoms with Crippen LogP contribution in [0.2, 0.25) is 0 Å². The largest absolute Gasteiger partial charge is 0.493 e. The molecule has 0 aromatic heterocycles. The molecule has 2 aromatic rings. The number of benzene rings is 2. The molecular weight excluding hydrogens is 358 g/mol. The summed E-state index contributed by atoms with van der Waals surface area (Å²) in [7, 11) is 3.11. The second-order valence-corrected chi connectivity index (χ2v) is 6.96. The highest BCUT2D eigenvalue weighted by atomic mass is 16.5. The second kappa shape index (κ2) is 8.33. The van der Waals surface area contributed by atoms with Crippen LogP contribution in [0.25, 0.3) is 0 Å². The predicted molar refractivity (Wildman–Crippen MR) is 105 cm³/mol. The maximum Gasteiger partial charge on any atom is 0.305 e. The third-order valence-corrected chi connectivity index (χ3v) is 5.29. The van der Waals surface area contributed by atoms with Gasteiger partial charge in [0, 0.05) is 6.54 Å². The summed E-state index contributed by atoms with van der Waals surface area (Å²) in [4.78, 5) is 26.3. The van der Waals surface area contributed by atoms with Gasteiger partial charge in [-0.25, -0.2) is 0 Å². The Labute approximate surface area is 164 Å². The summed E-state index contributed by atoms with van der Waals surface area (Å²) >= 11 is 0. The number of carbonyl (C=O) groups is 2. The van der Waals surface area contributed by atoms with E-state index in [-0.39, 0.29) is 18.7 Å². The van der Waals surface area contributed by atoms with E-state index in [9.17, 15) is 14.7 Å². The number of aliphatic carboxylic acids is 1. The molecule has 1 aliphatic heterocycles. The van der Waals surface area contributed by atoms with E-state index in [0.29, 0.717) is 24.5 Å². The Hall–Kier alpha value is -3.02. The van der Waals surface area contributed by atoms with Gasteiger partial charge in [-0.1, -0.05) is 24.3 Å². The zero-order valence-corrected chi connectivity index (χ0v) is 16.4. The third-order valence-electron chi connectivity index (χ3n) is 5.29. The van der Waals surface area contributed by atoms with Crippen molar-refractivity contribution in [3.63, 3.8) is 0 Å². The van der Waals surface area contributed by atoms with Crippen molar-refractivity contribution in [2.75, 3.05) is 20.8 Å². The molecule has 3 rings (SSSR count). The van der Waals surface area contributed by atoms with Crippen LogP contribution in [-0.4, -0.2) is 42.6 Å². The average molecular weight is 383 g/mol. The van der Waals surface area contributed by atoms with Gasteiger partial charge in [0.2, 0.25) is 5.91 Å². The van der Waals surface area contributed by atoms with Gasteiger partial charge in [-0.05, 0) is 47.7 Å². The highest BCUT2D eigenvalue weighted by molar-refractivity contribution is 5.81. The first-order valence-electron chi connectivity index (χ1n) is 9.25. The van der Waals surface area contributed by atoms with Crippen LogP contribution >= 0.6 is 0 Å². The Morgan fingerprint density at radius 2 is 1.82 bits per heavy atom. The minimum atomic E-state index is -0.943. The molecule has 0 radical (unpaired) electrons. The SMILES string of the molecule is COc1cc2c(cc1OC)C(CC(=O)O)N(C(=O)Cc1ccccc1C)CC2. The molecule has 0 fully saturated rings. The number of aryl methyl sites for hydroxylation is 1. The Morgan fingerprint density at radius 1 is 1.14 bits per heavy atom. The number of carboxylic acid groups (broad SMARTS) is 1. The van der Waals surface area contributed by atoms with Crippen LogP contribution in [0.4, 0.5) is 0 Å². The van der Waals surface area contributed by atoms with Gasteiger partial charge in [0.25, 0.3) is 0 Å². The molecule has 1 heterocycles.